The highest BCUT2D eigenvalue weighted by Gasteiger charge is 2.19. The lowest BCUT2D eigenvalue weighted by molar-refractivity contribution is 0.167. The maximum atomic E-state index is 14.8. The fourth-order valence-corrected chi connectivity index (χ4v) is 3.98. The molecule has 0 radical (unpaired) electrons. The predicted octanol–water partition coefficient (Wildman–Crippen LogP) is 3.72. The number of aromatic nitrogens is 3. The summed E-state index contributed by atoms with van der Waals surface area (Å²) in [7, 11) is 0. The Kier molecular flexibility index (Phi) is 6.20. The number of pyridine rings is 1. The first-order chi connectivity index (χ1) is 15.7. The monoisotopic (exact) mass is 459 g/mol. The molecule has 32 heavy (non-hydrogen) atoms. The smallest absolute Gasteiger partial charge is 0.214 e. The van der Waals surface area contributed by atoms with Crippen molar-refractivity contribution >= 4 is 34.1 Å². The summed E-state index contributed by atoms with van der Waals surface area (Å²) in [6.07, 6.45) is 3.31. The van der Waals surface area contributed by atoms with Crippen LogP contribution in [-0.2, 0) is 4.74 Å². The fourth-order valence-electron chi connectivity index (χ4n) is 3.76. The van der Waals surface area contributed by atoms with Crippen molar-refractivity contribution in [1.29, 1.82) is 0 Å². The third-order valence-electron chi connectivity index (χ3n) is 5.53. The average Bonchev–Trinajstić information content (AvgIpc) is 3.50. The summed E-state index contributed by atoms with van der Waals surface area (Å²) in [5.41, 5.74) is 1.26. The van der Waals surface area contributed by atoms with E-state index >= 15 is 0 Å². The molecular formula is C22H23ClFN5O3. The number of nitrogens with zero attached hydrogens (tertiary/aromatic N) is 3. The molecule has 4 heterocycles. The second-order valence-corrected chi connectivity index (χ2v) is 8.31. The van der Waals surface area contributed by atoms with Crippen LogP contribution in [-0.4, -0.2) is 54.0 Å². The van der Waals surface area contributed by atoms with Gasteiger partial charge in [-0.3, -0.25) is 0 Å². The molecule has 3 aromatic rings. The molecule has 2 aliphatic heterocycles. The second kappa shape index (κ2) is 9.40. The van der Waals surface area contributed by atoms with E-state index in [4.69, 9.17) is 25.8 Å². The molecule has 2 saturated heterocycles. The topological polar surface area (TPSA) is 90.4 Å². The molecule has 0 spiro atoms. The van der Waals surface area contributed by atoms with Crippen molar-refractivity contribution in [3.8, 4) is 11.6 Å². The molecule has 2 fully saturated rings. The maximum absolute atomic E-state index is 14.8. The van der Waals surface area contributed by atoms with Crippen LogP contribution in [0.4, 0.5) is 15.9 Å². The number of ether oxygens (including phenoxy) is 3. The zero-order chi connectivity index (χ0) is 21.9. The van der Waals surface area contributed by atoms with E-state index in [0.717, 1.165) is 32.5 Å². The summed E-state index contributed by atoms with van der Waals surface area (Å²) in [4.78, 5) is 13.0. The van der Waals surface area contributed by atoms with Crippen molar-refractivity contribution in [2.45, 2.75) is 18.9 Å². The van der Waals surface area contributed by atoms with E-state index in [1.807, 2.05) is 0 Å². The number of hydrogen-bond acceptors (Lipinski definition) is 8. The van der Waals surface area contributed by atoms with Crippen molar-refractivity contribution in [3.05, 3.63) is 41.4 Å². The van der Waals surface area contributed by atoms with Crippen LogP contribution in [0.1, 0.15) is 12.8 Å². The number of fused-ring (bicyclic) bond motifs is 1. The number of anilines is 2. The number of rotatable bonds is 7. The first-order valence-corrected chi connectivity index (χ1v) is 11.0. The molecule has 168 valence electrons. The molecule has 2 N–H and O–H groups in total. The van der Waals surface area contributed by atoms with Crippen molar-refractivity contribution in [2.24, 2.45) is 5.92 Å². The number of halogens is 2. The van der Waals surface area contributed by atoms with E-state index in [9.17, 15) is 4.39 Å². The van der Waals surface area contributed by atoms with Crippen LogP contribution in [0.5, 0.6) is 11.6 Å². The first kappa shape index (κ1) is 21.1. The van der Waals surface area contributed by atoms with Gasteiger partial charge in [0.15, 0.2) is 5.82 Å². The standard InChI is InChI=1S/C22H23ClFN5O3/c23-15-7-18(16(24)8-19(15)31-11-13-4-6-30-10-13)28-22-21-17(26-12-27-22)1-2-20(29-21)32-14-3-5-25-9-14/h1-2,7-8,12-14,25H,3-6,9-11H2,(H,26,27,28)/t13?,14-/m0/s1. The van der Waals surface area contributed by atoms with Gasteiger partial charge >= 0.3 is 0 Å². The summed E-state index contributed by atoms with van der Waals surface area (Å²) in [6, 6.07) is 6.34. The predicted molar refractivity (Wildman–Crippen MR) is 118 cm³/mol. The molecule has 1 unspecified atom stereocenters. The summed E-state index contributed by atoms with van der Waals surface area (Å²) >= 11 is 6.35. The second-order valence-electron chi connectivity index (χ2n) is 7.90. The van der Waals surface area contributed by atoms with Crippen molar-refractivity contribution in [3.63, 3.8) is 0 Å². The lowest BCUT2D eigenvalue weighted by Gasteiger charge is -2.15. The largest absolute Gasteiger partial charge is 0.492 e. The van der Waals surface area contributed by atoms with Gasteiger partial charge in [0.25, 0.3) is 0 Å². The molecule has 5 rings (SSSR count). The quantitative estimate of drug-likeness (QED) is 0.552. The minimum Gasteiger partial charge on any atom is -0.492 e. The third kappa shape index (κ3) is 4.69. The van der Waals surface area contributed by atoms with Crippen LogP contribution < -0.4 is 20.1 Å². The minimum atomic E-state index is -0.511. The van der Waals surface area contributed by atoms with Gasteiger partial charge in [-0.05, 0) is 31.5 Å². The van der Waals surface area contributed by atoms with Gasteiger partial charge in [-0.1, -0.05) is 11.6 Å². The van der Waals surface area contributed by atoms with Gasteiger partial charge < -0.3 is 24.8 Å². The number of nitrogens with one attached hydrogen (secondary N) is 2. The van der Waals surface area contributed by atoms with Crippen LogP contribution >= 0.6 is 11.6 Å². The van der Waals surface area contributed by atoms with E-state index < -0.39 is 5.82 Å². The Morgan fingerprint density at radius 3 is 3.00 bits per heavy atom. The van der Waals surface area contributed by atoms with E-state index in [1.165, 1.54) is 18.5 Å². The zero-order valence-electron chi connectivity index (χ0n) is 17.3. The Bertz CT molecular complexity index is 1110. The van der Waals surface area contributed by atoms with Gasteiger partial charge in [-0.2, -0.15) is 0 Å². The van der Waals surface area contributed by atoms with Gasteiger partial charge in [0.1, 0.15) is 29.5 Å². The molecule has 0 saturated carbocycles. The molecule has 0 aliphatic carbocycles. The molecule has 0 bridgehead atoms. The molecule has 0 amide bonds. The minimum absolute atomic E-state index is 0.0700. The van der Waals surface area contributed by atoms with Gasteiger partial charge in [-0.15, -0.1) is 0 Å². The van der Waals surface area contributed by atoms with E-state index in [2.05, 4.69) is 25.6 Å². The van der Waals surface area contributed by atoms with Crippen molar-refractivity contribution in [2.75, 3.05) is 38.2 Å². The summed E-state index contributed by atoms with van der Waals surface area (Å²) < 4.78 is 31.8. The van der Waals surface area contributed by atoms with Gasteiger partial charge in [-0.25, -0.2) is 19.3 Å². The highest BCUT2D eigenvalue weighted by molar-refractivity contribution is 6.32. The Labute approximate surface area is 189 Å². The maximum Gasteiger partial charge on any atom is 0.214 e. The Balaban J connectivity index is 1.36. The molecule has 2 aliphatic rings. The van der Waals surface area contributed by atoms with Gasteiger partial charge in [0, 0.05) is 31.2 Å². The summed E-state index contributed by atoms with van der Waals surface area (Å²) in [5, 5.41) is 6.54. The number of benzene rings is 1. The van der Waals surface area contributed by atoms with Crippen LogP contribution in [0.25, 0.3) is 11.0 Å². The SMILES string of the molecule is Fc1cc(OCC2CCOC2)c(Cl)cc1Nc1ncnc2ccc(O[C@H]3CCNC3)nc12. The van der Waals surface area contributed by atoms with Crippen LogP contribution in [0.2, 0.25) is 5.02 Å². The van der Waals surface area contributed by atoms with Crippen LogP contribution in [0.15, 0.2) is 30.6 Å². The molecular weight excluding hydrogens is 437 g/mol. The average molecular weight is 460 g/mol. The van der Waals surface area contributed by atoms with E-state index in [0.29, 0.717) is 52.6 Å². The number of hydrogen-bond donors (Lipinski definition) is 2. The molecule has 2 aromatic heterocycles. The Hall–Kier alpha value is -2.75. The molecule has 8 nitrogen and oxygen atoms in total. The van der Waals surface area contributed by atoms with Crippen LogP contribution in [0.3, 0.4) is 0 Å². The lowest BCUT2D eigenvalue weighted by Crippen LogP contribution is -2.20. The lowest BCUT2D eigenvalue weighted by atomic mass is 10.1. The van der Waals surface area contributed by atoms with Crippen molar-refractivity contribution in [1.82, 2.24) is 20.3 Å². The normalized spacial score (nSPS) is 20.6. The van der Waals surface area contributed by atoms with E-state index in [-0.39, 0.29) is 11.8 Å². The zero-order valence-corrected chi connectivity index (χ0v) is 18.1. The van der Waals surface area contributed by atoms with Gasteiger partial charge in [0.2, 0.25) is 5.88 Å². The first-order valence-electron chi connectivity index (χ1n) is 10.6. The third-order valence-corrected chi connectivity index (χ3v) is 5.83. The summed E-state index contributed by atoms with van der Waals surface area (Å²) in [6.45, 7) is 3.51. The van der Waals surface area contributed by atoms with Gasteiger partial charge in [0.05, 0.1) is 29.4 Å². The molecule has 2 atom stereocenters. The highest BCUT2D eigenvalue weighted by atomic mass is 35.5. The van der Waals surface area contributed by atoms with Crippen LogP contribution in [0, 0.1) is 11.7 Å². The fraction of sp³-hybridized carbons (Fsp3) is 0.409. The molecule has 1 aromatic carbocycles. The van der Waals surface area contributed by atoms with E-state index in [1.54, 1.807) is 12.1 Å². The Morgan fingerprint density at radius 2 is 2.19 bits per heavy atom. The summed E-state index contributed by atoms with van der Waals surface area (Å²) in [5.74, 6) is 0.914. The molecule has 10 heteroatoms. The Morgan fingerprint density at radius 1 is 1.25 bits per heavy atom. The van der Waals surface area contributed by atoms with Crippen molar-refractivity contribution < 1.29 is 18.6 Å². The highest BCUT2D eigenvalue weighted by Crippen LogP contribution is 2.33.